The number of aryl methyl sites for hydroxylation is 1. The number of hydrogen-bond donors (Lipinski definition) is 1. The molecule has 0 fully saturated rings. The minimum Gasteiger partial charge on any atom is -0.478 e. The van der Waals surface area contributed by atoms with E-state index >= 15 is 0 Å². The van der Waals surface area contributed by atoms with Gasteiger partial charge in [-0.15, -0.1) is 0 Å². The second-order valence-electron chi connectivity index (χ2n) is 5.34. The molecule has 3 aromatic rings. The molecule has 2 heterocycles. The Morgan fingerprint density at radius 2 is 2.00 bits per heavy atom. The van der Waals surface area contributed by atoms with Crippen LogP contribution in [0.5, 0.6) is 11.6 Å². The summed E-state index contributed by atoms with van der Waals surface area (Å²) in [5.41, 5.74) is 1.78. The molecule has 126 valence electrons. The van der Waals surface area contributed by atoms with Gasteiger partial charge in [0.05, 0.1) is 0 Å². The van der Waals surface area contributed by atoms with Gasteiger partial charge in [0.15, 0.2) is 0 Å². The van der Waals surface area contributed by atoms with Crippen LogP contribution in [0, 0.1) is 6.92 Å². The first-order valence-electron chi connectivity index (χ1n) is 7.48. The van der Waals surface area contributed by atoms with E-state index in [1.165, 1.54) is 13.0 Å². The normalized spacial score (nSPS) is 11.4. The van der Waals surface area contributed by atoms with Gasteiger partial charge < -0.3 is 14.4 Å². The number of aromatic nitrogens is 3. The molecule has 25 heavy (non-hydrogen) atoms. The molecule has 3 rings (SSSR count). The van der Waals surface area contributed by atoms with Crippen LogP contribution in [-0.2, 0) is 4.79 Å². The number of pyridine rings is 1. The van der Waals surface area contributed by atoms with Crippen LogP contribution in [0.2, 0.25) is 0 Å². The molecule has 0 radical (unpaired) electrons. The van der Waals surface area contributed by atoms with Crippen LogP contribution in [0.4, 0.5) is 0 Å². The van der Waals surface area contributed by atoms with E-state index in [0.717, 1.165) is 11.1 Å². The first-order valence-corrected chi connectivity index (χ1v) is 7.48. The monoisotopic (exact) mass is 337 g/mol. The van der Waals surface area contributed by atoms with Crippen molar-refractivity contribution < 1.29 is 19.2 Å². The summed E-state index contributed by atoms with van der Waals surface area (Å²) in [6, 6.07) is 10.9. The van der Waals surface area contributed by atoms with Crippen LogP contribution < -0.4 is 4.74 Å². The fourth-order valence-corrected chi connectivity index (χ4v) is 2.02. The van der Waals surface area contributed by atoms with Crippen molar-refractivity contribution in [3.8, 4) is 23.0 Å². The van der Waals surface area contributed by atoms with Crippen molar-refractivity contribution in [3.63, 3.8) is 0 Å². The number of carboxylic acids is 1. The number of carbonyl (C=O) groups is 1. The molecule has 0 aliphatic heterocycles. The average molecular weight is 337 g/mol. The van der Waals surface area contributed by atoms with E-state index in [1.54, 1.807) is 30.5 Å². The van der Waals surface area contributed by atoms with E-state index in [1.807, 2.05) is 19.1 Å². The molecule has 7 nitrogen and oxygen atoms in total. The van der Waals surface area contributed by atoms with Gasteiger partial charge in [-0.3, -0.25) is 0 Å². The summed E-state index contributed by atoms with van der Waals surface area (Å²) in [5.74, 6) is 0.651. The predicted molar refractivity (Wildman–Crippen MR) is 90.1 cm³/mol. The maximum Gasteiger partial charge on any atom is 0.331 e. The largest absolute Gasteiger partial charge is 0.478 e. The van der Waals surface area contributed by atoms with Gasteiger partial charge in [0, 0.05) is 29.0 Å². The van der Waals surface area contributed by atoms with E-state index in [4.69, 9.17) is 14.4 Å². The van der Waals surface area contributed by atoms with Crippen LogP contribution in [0.25, 0.3) is 17.5 Å². The molecule has 0 aliphatic rings. The van der Waals surface area contributed by atoms with Gasteiger partial charge in [-0.05, 0) is 44.2 Å². The minimum absolute atomic E-state index is 0.115. The number of benzene rings is 1. The third-order valence-corrected chi connectivity index (χ3v) is 3.41. The molecule has 1 N–H and O–H groups in total. The Kier molecular flexibility index (Phi) is 4.56. The molecule has 0 spiro atoms. The molecule has 0 atom stereocenters. The number of ether oxygens (including phenoxy) is 1. The molecule has 0 aliphatic carbocycles. The van der Waals surface area contributed by atoms with Crippen LogP contribution >= 0.6 is 0 Å². The Balaban J connectivity index is 1.77. The maximum absolute atomic E-state index is 10.8. The Morgan fingerprint density at radius 3 is 2.68 bits per heavy atom. The maximum atomic E-state index is 10.8. The van der Waals surface area contributed by atoms with Crippen molar-refractivity contribution in [2.24, 2.45) is 0 Å². The second-order valence-corrected chi connectivity index (χ2v) is 5.34. The van der Waals surface area contributed by atoms with Gasteiger partial charge in [-0.1, -0.05) is 11.2 Å². The van der Waals surface area contributed by atoms with Gasteiger partial charge in [0.1, 0.15) is 5.75 Å². The number of nitrogens with zero attached hydrogens (tertiary/aromatic N) is 3. The third kappa shape index (κ3) is 3.89. The lowest BCUT2D eigenvalue weighted by molar-refractivity contribution is -0.132. The summed E-state index contributed by atoms with van der Waals surface area (Å²) in [6.45, 7) is 3.38. The van der Waals surface area contributed by atoms with Crippen LogP contribution in [0.3, 0.4) is 0 Å². The summed E-state index contributed by atoms with van der Waals surface area (Å²) in [6.07, 6.45) is 2.99. The lowest BCUT2D eigenvalue weighted by Gasteiger charge is -2.07. The summed E-state index contributed by atoms with van der Waals surface area (Å²) in [5, 5.41) is 12.7. The lowest BCUT2D eigenvalue weighted by atomic mass is 10.2. The van der Waals surface area contributed by atoms with Crippen LogP contribution in [0.1, 0.15) is 18.4 Å². The predicted octanol–water partition coefficient (Wildman–Crippen LogP) is 3.72. The highest BCUT2D eigenvalue weighted by Gasteiger charge is 2.10. The Morgan fingerprint density at radius 1 is 1.24 bits per heavy atom. The lowest BCUT2D eigenvalue weighted by Crippen LogP contribution is -1.95. The Hall–Kier alpha value is -3.48. The summed E-state index contributed by atoms with van der Waals surface area (Å²) in [4.78, 5) is 19.2. The fraction of sp³-hybridized carbons (Fsp3) is 0.111. The van der Waals surface area contributed by atoms with E-state index < -0.39 is 5.97 Å². The average Bonchev–Trinajstić information content (AvgIpc) is 3.06. The van der Waals surface area contributed by atoms with Crippen molar-refractivity contribution >= 4 is 12.0 Å². The van der Waals surface area contributed by atoms with Gasteiger partial charge in [-0.2, -0.15) is 4.98 Å². The zero-order chi connectivity index (χ0) is 17.8. The van der Waals surface area contributed by atoms with E-state index in [-0.39, 0.29) is 11.5 Å². The van der Waals surface area contributed by atoms with Crippen molar-refractivity contribution in [2.45, 2.75) is 13.8 Å². The number of hydrogen-bond acceptors (Lipinski definition) is 6. The van der Waals surface area contributed by atoms with Gasteiger partial charge in [0.25, 0.3) is 5.89 Å². The summed E-state index contributed by atoms with van der Waals surface area (Å²) in [7, 11) is 0. The highest BCUT2D eigenvalue weighted by atomic mass is 16.5. The highest BCUT2D eigenvalue weighted by Crippen LogP contribution is 2.25. The van der Waals surface area contributed by atoms with Gasteiger partial charge in [-0.25, -0.2) is 9.78 Å². The first kappa shape index (κ1) is 16.4. The summed E-state index contributed by atoms with van der Waals surface area (Å²) < 4.78 is 10.8. The van der Waals surface area contributed by atoms with Crippen molar-refractivity contribution in [1.82, 2.24) is 15.1 Å². The van der Waals surface area contributed by atoms with Crippen molar-refractivity contribution in [3.05, 3.63) is 59.6 Å². The van der Waals surface area contributed by atoms with E-state index in [2.05, 4.69) is 15.1 Å². The summed E-state index contributed by atoms with van der Waals surface area (Å²) >= 11 is 0. The molecule has 1 aromatic carbocycles. The molecular weight excluding hydrogens is 322 g/mol. The van der Waals surface area contributed by atoms with Crippen molar-refractivity contribution in [2.75, 3.05) is 0 Å². The zero-order valence-electron chi connectivity index (χ0n) is 13.6. The topological polar surface area (TPSA) is 98.3 Å². The van der Waals surface area contributed by atoms with E-state index in [9.17, 15) is 4.79 Å². The molecule has 0 bridgehead atoms. The smallest absolute Gasteiger partial charge is 0.331 e. The highest BCUT2D eigenvalue weighted by molar-refractivity contribution is 5.90. The standard InChI is InChI=1S/C18H15N3O4/c1-11-4-3-9-19-17(11)24-14-7-5-13(6-8-14)16-20-15(25-21-16)10-12(2)18(22)23/h3-10H,1-2H3,(H,22,23). The SMILES string of the molecule is CC(=Cc1nc(-c2ccc(Oc3ncccc3C)cc2)no1)C(=O)O. The second kappa shape index (κ2) is 6.96. The quantitative estimate of drug-likeness (QED) is 0.708. The molecular formula is C18H15N3O4. The number of aliphatic carboxylic acids is 1. The molecule has 2 aromatic heterocycles. The molecule has 0 saturated heterocycles. The molecule has 7 heteroatoms. The molecule has 0 amide bonds. The molecule has 0 unspecified atom stereocenters. The first-order chi connectivity index (χ1) is 12.0. The zero-order valence-corrected chi connectivity index (χ0v) is 13.6. The van der Waals surface area contributed by atoms with E-state index in [0.29, 0.717) is 17.5 Å². The Labute approximate surface area is 143 Å². The number of rotatable bonds is 5. The number of carboxylic acid groups (broad SMARTS) is 1. The van der Waals surface area contributed by atoms with Crippen LogP contribution in [-0.4, -0.2) is 26.2 Å². The molecule has 0 saturated carbocycles. The van der Waals surface area contributed by atoms with Gasteiger partial charge in [0.2, 0.25) is 11.7 Å². The Bertz CT molecular complexity index is 930. The van der Waals surface area contributed by atoms with Crippen molar-refractivity contribution in [1.29, 1.82) is 0 Å². The van der Waals surface area contributed by atoms with Crippen LogP contribution in [0.15, 0.2) is 52.7 Å². The fourth-order valence-electron chi connectivity index (χ4n) is 2.02. The van der Waals surface area contributed by atoms with Gasteiger partial charge >= 0.3 is 5.97 Å². The third-order valence-electron chi connectivity index (χ3n) is 3.41. The minimum atomic E-state index is -1.04.